The molecule has 178 valence electrons. The highest BCUT2D eigenvalue weighted by atomic mass is 32.1. The first kappa shape index (κ1) is 23.2. The normalized spacial score (nSPS) is 17.8. The van der Waals surface area contributed by atoms with Crippen LogP contribution in [-0.4, -0.2) is 14.7 Å². The number of hydrogen-bond acceptors (Lipinski definition) is 2. The molecular formula is C29H29FN4S. The van der Waals surface area contributed by atoms with Gasteiger partial charge in [-0.1, -0.05) is 44.2 Å². The second-order valence-corrected chi connectivity index (χ2v) is 9.74. The smallest absolute Gasteiger partial charge is 0.174 e. The predicted octanol–water partition coefficient (Wildman–Crippen LogP) is 6.93. The first-order valence-corrected chi connectivity index (χ1v) is 12.3. The zero-order valence-electron chi connectivity index (χ0n) is 20.4. The fourth-order valence-electron chi connectivity index (χ4n) is 5.06. The minimum absolute atomic E-state index is 0.144. The molecule has 1 aliphatic heterocycles. The number of pyridine rings is 1. The van der Waals surface area contributed by atoms with E-state index in [1.54, 1.807) is 12.3 Å². The monoisotopic (exact) mass is 484 g/mol. The molecule has 1 fully saturated rings. The van der Waals surface area contributed by atoms with Crippen LogP contribution in [0.5, 0.6) is 0 Å². The van der Waals surface area contributed by atoms with E-state index in [-0.39, 0.29) is 17.9 Å². The highest BCUT2D eigenvalue weighted by Crippen LogP contribution is 2.44. The lowest BCUT2D eigenvalue weighted by Crippen LogP contribution is -2.29. The van der Waals surface area contributed by atoms with Crippen molar-refractivity contribution >= 4 is 23.0 Å². The van der Waals surface area contributed by atoms with Crippen LogP contribution in [0.3, 0.4) is 0 Å². The van der Waals surface area contributed by atoms with Crippen LogP contribution in [0, 0.1) is 19.7 Å². The summed E-state index contributed by atoms with van der Waals surface area (Å²) < 4.78 is 16.8. The summed E-state index contributed by atoms with van der Waals surface area (Å²) in [6, 6.07) is 23.3. The van der Waals surface area contributed by atoms with E-state index in [1.807, 2.05) is 48.7 Å². The second-order valence-electron chi connectivity index (χ2n) is 9.36. The van der Waals surface area contributed by atoms with E-state index in [9.17, 15) is 4.39 Å². The predicted molar refractivity (Wildman–Crippen MR) is 144 cm³/mol. The fourth-order valence-corrected chi connectivity index (χ4v) is 5.41. The topological polar surface area (TPSA) is 33.1 Å². The van der Waals surface area contributed by atoms with Crippen molar-refractivity contribution in [2.45, 2.75) is 45.7 Å². The lowest BCUT2D eigenvalue weighted by molar-refractivity contribution is 0.564. The summed E-state index contributed by atoms with van der Waals surface area (Å²) >= 11 is 5.88. The molecule has 2 aromatic heterocycles. The molecule has 0 aliphatic carbocycles. The minimum Gasteiger partial charge on any atom is -0.351 e. The average Bonchev–Trinajstić information content (AvgIpc) is 3.35. The van der Waals surface area contributed by atoms with E-state index in [1.165, 1.54) is 11.6 Å². The molecule has 0 spiro atoms. The molecule has 2 unspecified atom stereocenters. The van der Waals surface area contributed by atoms with Crippen LogP contribution >= 0.6 is 12.2 Å². The molecule has 4 nitrogen and oxygen atoms in total. The van der Waals surface area contributed by atoms with Gasteiger partial charge < -0.3 is 14.8 Å². The lowest BCUT2D eigenvalue weighted by atomic mass is 9.96. The second kappa shape index (κ2) is 9.27. The van der Waals surface area contributed by atoms with E-state index in [2.05, 4.69) is 59.4 Å². The van der Waals surface area contributed by atoms with E-state index >= 15 is 0 Å². The van der Waals surface area contributed by atoms with E-state index in [0.717, 1.165) is 28.3 Å². The van der Waals surface area contributed by atoms with Gasteiger partial charge in [0.2, 0.25) is 0 Å². The first-order chi connectivity index (χ1) is 16.9. The van der Waals surface area contributed by atoms with Crippen molar-refractivity contribution in [3.8, 4) is 5.69 Å². The fraction of sp³-hybridized carbons (Fsp3) is 0.241. The number of aromatic nitrogens is 2. The molecule has 2 aromatic carbocycles. The number of nitrogens with one attached hydrogen (secondary N) is 1. The van der Waals surface area contributed by atoms with Gasteiger partial charge in [0.05, 0.1) is 23.5 Å². The van der Waals surface area contributed by atoms with Gasteiger partial charge in [-0.25, -0.2) is 4.39 Å². The molecule has 0 bridgehead atoms. The Bertz CT molecular complexity index is 1360. The third-order valence-electron chi connectivity index (χ3n) is 6.82. The first-order valence-electron chi connectivity index (χ1n) is 11.9. The van der Waals surface area contributed by atoms with Gasteiger partial charge in [-0.3, -0.25) is 4.98 Å². The van der Waals surface area contributed by atoms with Crippen molar-refractivity contribution in [1.29, 1.82) is 0 Å². The van der Waals surface area contributed by atoms with Crippen LogP contribution in [0.1, 0.15) is 60.1 Å². The summed E-state index contributed by atoms with van der Waals surface area (Å²) in [5, 5.41) is 4.17. The Labute approximate surface area is 211 Å². The standard InChI is InChI=1S/C29H29FN4S/c1-18(2)21-12-14-22(15-13-21)34-28(27(32-29(34)35)25-10-7-8-16-31-25)23-17-19(3)33(20(23)4)26-11-6-5-9-24(26)30/h5-18,27-28H,1-4H3,(H,32,35). The van der Waals surface area contributed by atoms with E-state index in [0.29, 0.717) is 16.7 Å². The van der Waals surface area contributed by atoms with E-state index < -0.39 is 0 Å². The summed E-state index contributed by atoms with van der Waals surface area (Å²) in [5.74, 6) is 0.202. The zero-order chi connectivity index (χ0) is 24.7. The summed E-state index contributed by atoms with van der Waals surface area (Å²) in [6.07, 6.45) is 1.81. The molecule has 1 saturated heterocycles. The molecule has 1 aliphatic rings. The molecule has 5 rings (SSSR count). The van der Waals surface area contributed by atoms with Gasteiger partial charge in [0.1, 0.15) is 5.82 Å². The molecule has 35 heavy (non-hydrogen) atoms. The SMILES string of the molecule is Cc1cc(C2C(c3ccccn3)NC(=S)N2c2ccc(C(C)C)cc2)c(C)n1-c1ccccc1F. The number of anilines is 1. The molecule has 6 heteroatoms. The van der Waals surface area contributed by atoms with Gasteiger partial charge in [0.15, 0.2) is 5.11 Å². The van der Waals surface area contributed by atoms with Crippen molar-refractivity contribution in [1.82, 2.24) is 14.9 Å². The minimum atomic E-state index is -0.247. The number of nitrogens with zero attached hydrogens (tertiary/aromatic N) is 3. The molecule has 1 N–H and O–H groups in total. The maximum Gasteiger partial charge on any atom is 0.174 e. The van der Waals surface area contributed by atoms with Crippen LogP contribution in [0.25, 0.3) is 5.69 Å². The number of aryl methyl sites for hydroxylation is 1. The van der Waals surface area contributed by atoms with Gasteiger partial charge in [-0.2, -0.15) is 0 Å². The van der Waals surface area contributed by atoms with Crippen molar-refractivity contribution in [3.63, 3.8) is 0 Å². The van der Waals surface area contributed by atoms with Gasteiger partial charge >= 0.3 is 0 Å². The van der Waals surface area contributed by atoms with Crippen LogP contribution in [-0.2, 0) is 0 Å². The Morgan fingerprint density at radius 1 is 0.971 bits per heavy atom. The highest BCUT2D eigenvalue weighted by molar-refractivity contribution is 7.80. The molecule has 0 saturated carbocycles. The van der Waals surface area contributed by atoms with Gasteiger partial charge in [0, 0.05) is 23.3 Å². The van der Waals surface area contributed by atoms with Crippen LogP contribution in [0.2, 0.25) is 0 Å². The highest BCUT2D eigenvalue weighted by Gasteiger charge is 2.42. The van der Waals surface area contributed by atoms with Gasteiger partial charge in [-0.15, -0.1) is 0 Å². The lowest BCUT2D eigenvalue weighted by Gasteiger charge is -2.28. The van der Waals surface area contributed by atoms with Crippen molar-refractivity contribution in [2.24, 2.45) is 0 Å². The Balaban J connectivity index is 1.67. The van der Waals surface area contributed by atoms with Crippen molar-refractivity contribution < 1.29 is 4.39 Å². The molecular weight excluding hydrogens is 455 g/mol. The van der Waals surface area contributed by atoms with Crippen molar-refractivity contribution in [3.05, 3.63) is 113 Å². The number of thiocarbonyl (C=S) groups is 1. The number of rotatable bonds is 5. The van der Waals surface area contributed by atoms with Crippen LogP contribution < -0.4 is 10.2 Å². The number of hydrogen-bond donors (Lipinski definition) is 1. The third-order valence-corrected chi connectivity index (χ3v) is 7.13. The number of para-hydroxylation sites is 1. The molecule has 0 radical (unpaired) electrons. The quantitative estimate of drug-likeness (QED) is 0.312. The Morgan fingerprint density at radius 3 is 2.34 bits per heavy atom. The van der Waals surface area contributed by atoms with Gasteiger partial charge in [0.25, 0.3) is 0 Å². The van der Waals surface area contributed by atoms with Gasteiger partial charge in [-0.05, 0) is 85.6 Å². The maximum atomic E-state index is 14.8. The summed E-state index contributed by atoms with van der Waals surface area (Å²) in [7, 11) is 0. The summed E-state index contributed by atoms with van der Waals surface area (Å²) in [6.45, 7) is 8.44. The summed E-state index contributed by atoms with van der Waals surface area (Å²) in [5.41, 5.74) is 6.79. The Kier molecular flexibility index (Phi) is 6.15. The van der Waals surface area contributed by atoms with Crippen LogP contribution in [0.15, 0.2) is 79.0 Å². The van der Waals surface area contributed by atoms with Crippen molar-refractivity contribution in [2.75, 3.05) is 4.90 Å². The number of benzene rings is 2. The maximum absolute atomic E-state index is 14.8. The molecule has 4 aromatic rings. The number of halogens is 1. The molecule has 0 amide bonds. The molecule has 2 atom stereocenters. The zero-order valence-corrected chi connectivity index (χ0v) is 21.2. The largest absolute Gasteiger partial charge is 0.351 e. The Morgan fingerprint density at radius 2 is 1.69 bits per heavy atom. The molecule has 3 heterocycles. The third kappa shape index (κ3) is 4.12. The van der Waals surface area contributed by atoms with Crippen LogP contribution in [0.4, 0.5) is 10.1 Å². The summed E-state index contributed by atoms with van der Waals surface area (Å²) in [4.78, 5) is 6.82. The Hall–Kier alpha value is -3.51. The van der Waals surface area contributed by atoms with E-state index in [4.69, 9.17) is 12.2 Å². The average molecular weight is 485 g/mol.